The Bertz CT molecular complexity index is 800. The van der Waals surface area contributed by atoms with Gasteiger partial charge in [0.05, 0.1) is 20.8 Å². The van der Waals surface area contributed by atoms with E-state index in [0.717, 1.165) is 25.2 Å². The highest BCUT2D eigenvalue weighted by Crippen LogP contribution is 2.35. The maximum absolute atomic E-state index is 13.1. The highest BCUT2D eigenvalue weighted by atomic mass is 35.5. The Hall–Kier alpha value is -1.76. The number of carbonyl (C=O) groups excluding carboxylic acids is 1. The molecular weight excluding hydrogens is 402 g/mol. The number of pyridine rings is 1. The molecule has 1 atom stereocenters. The van der Waals surface area contributed by atoms with E-state index in [-0.39, 0.29) is 17.0 Å². The second-order valence-electron chi connectivity index (χ2n) is 6.02. The maximum atomic E-state index is 13.1. The molecule has 2 N–H and O–H groups in total. The summed E-state index contributed by atoms with van der Waals surface area (Å²) in [6.07, 6.45) is 4.03. The van der Waals surface area contributed by atoms with Gasteiger partial charge in [-0.15, -0.1) is 0 Å². The molecule has 5 nitrogen and oxygen atoms in total. The summed E-state index contributed by atoms with van der Waals surface area (Å²) in [7, 11) is 0. The monoisotopic (exact) mass is 416 g/mol. The minimum atomic E-state index is -0.530. The van der Waals surface area contributed by atoms with Crippen molar-refractivity contribution in [3.8, 4) is 0 Å². The number of anilines is 2. The van der Waals surface area contributed by atoms with Gasteiger partial charge in [0.2, 0.25) is 0 Å². The average molecular weight is 418 g/mol. The van der Waals surface area contributed by atoms with Crippen LogP contribution in [0.15, 0.2) is 30.6 Å². The van der Waals surface area contributed by atoms with E-state index in [4.69, 9.17) is 34.8 Å². The van der Waals surface area contributed by atoms with E-state index in [1.165, 1.54) is 18.2 Å². The lowest BCUT2D eigenvalue weighted by Gasteiger charge is -2.21. The number of rotatable bonds is 4. The van der Waals surface area contributed by atoms with Crippen molar-refractivity contribution in [2.45, 2.75) is 6.42 Å². The van der Waals surface area contributed by atoms with Crippen LogP contribution >= 0.6 is 34.8 Å². The summed E-state index contributed by atoms with van der Waals surface area (Å²) in [6, 6.07) is 3.65. The Morgan fingerprint density at radius 1 is 1.23 bits per heavy atom. The van der Waals surface area contributed by atoms with Crippen molar-refractivity contribution in [3.63, 3.8) is 0 Å². The zero-order chi connectivity index (χ0) is 18.7. The summed E-state index contributed by atoms with van der Waals surface area (Å²) < 4.78 is 13.1. The van der Waals surface area contributed by atoms with Crippen LogP contribution in [-0.2, 0) is 0 Å². The van der Waals surface area contributed by atoms with Crippen molar-refractivity contribution >= 4 is 52.2 Å². The Morgan fingerprint density at radius 3 is 2.65 bits per heavy atom. The first-order chi connectivity index (χ1) is 12.4. The third-order valence-corrected chi connectivity index (χ3v) is 5.00. The third-order valence-electron chi connectivity index (χ3n) is 4.16. The molecule has 0 bridgehead atoms. The second-order valence-corrected chi connectivity index (χ2v) is 7.24. The number of benzene rings is 1. The number of hydrogen-bond donors (Lipinski definition) is 2. The second kappa shape index (κ2) is 8.29. The topological polar surface area (TPSA) is 57.3 Å². The van der Waals surface area contributed by atoms with E-state index >= 15 is 0 Å². The summed E-state index contributed by atoms with van der Waals surface area (Å²) in [5, 5.41) is 6.43. The van der Waals surface area contributed by atoms with E-state index in [2.05, 4.69) is 20.5 Å². The number of carbonyl (C=O) groups is 1. The molecule has 26 heavy (non-hydrogen) atoms. The lowest BCUT2D eigenvalue weighted by molar-refractivity contribution is 0.250. The molecule has 138 valence electrons. The summed E-state index contributed by atoms with van der Waals surface area (Å²) in [5.74, 6) is -0.269. The van der Waals surface area contributed by atoms with Crippen molar-refractivity contribution < 1.29 is 9.18 Å². The number of nitrogens with zero attached hydrogens (tertiary/aromatic N) is 2. The zero-order valence-corrected chi connectivity index (χ0v) is 15.9. The highest BCUT2D eigenvalue weighted by molar-refractivity contribution is 6.38. The first-order valence-electron chi connectivity index (χ1n) is 7.98. The number of hydrogen-bond acceptors (Lipinski definition) is 3. The minimum Gasteiger partial charge on any atom is -0.369 e. The van der Waals surface area contributed by atoms with Gasteiger partial charge in [0, 0.05) is 37.7 Å². The molecule has 1 fully saturated rings. The van der Waals surface area contributed by atoms with Crippen LogP contribution < -0.4 is 15.5 Å². The van der Waals surface area contributed by atoms with Crippen LogP contribution in [0.1, 0.15) is 6.42 Å². The van der Waals surface area contributed by atoms with Crippen LogP contribution in [-0.4, -0.2) is 30.6 Å². The van der Waals surface area contributed by atoms with E-state index in [1.807, 2.05) is 0 Å². The summed E-state index contributed by atoms with van der Waals surface area (Å²) in [5.41, 5.74) is 1.20. The molecule has 9 heteroatoms. The molecule has 1 aliphatic heterocycles. The molecule has 3 rings (SSSR count). The fourth-order valence-electron chi connectivity index (χ4n) is 2.90. The molecule has 0 aliphatic carbocycles. The van der Waals surface area contributed by atoms with Gasteiger partial charge < -0.3 is 15.5 Å². The predicted octanol–water partition coefficient (Wildman–Crippen LogP) is 4.83. The highest BCUT2D eigenvalue weighted by Gasteiger charge is 2.26. The van der Waals surface area contributed by atoms with Gasteiger partial charge in [0.25, 0.3) is 0 Å². The fourth-order valence-corrected chi connectivity index (χ4v) is 3.68. The van der Waals surface area contributed by atoms with Crippen LogP contribution in [0.2, 0.25) is 15.1 Å². The Kier molecular flexibility index (Phi) is 6.06. The maximum Gasteiger partial charge on any atom is 0.319 e. The molecule has 0 unspecified atom stereocenters. The van der Waals surface area contributed by atoms with Crippen LogP contribution in [0.3, 0.4) is 0 Å². The molecule has 1 aromatic heterocycles. The molecule has 0 radical (unpaired) electrons. The van der Waals surface area contributed by atoms with Gasteiger partial charge in [-0.05, 0) is 30.5 Å². The van der Waals surface area contributed by atoms with Crippen LogP contribution in [0, 0.1) is 11.7 Å². The van der Waals surface area contributed by atoms with E-state index in [0.29, 0.717) is 22.3 Å². The van der Waals surface area contributed by atoms with Crippen LogP contribution in [0.5, 0.6) is 0 Å². The lowest BCUT2D eigenvalue weighted by atomic mass is 10.1. The van der Waals surface area contributed by atoms with Gasteiger partial charge in [-0.3, -0.25) is 4.98 Å². The molecule has 1 saturated heterocycles. The first-order valence-corrected chi connectivity index (χ1v) is 9.11. The number of halogens is 4. The molecule has 2 heterocycles. The van der Waals surface area contributed by atoms with Gasteiger partial charge in [-0.25, -0.2) is 9.18 Å². The Labute approximate surface area is 165 Å². The van der Waals surface area contributed by atoms with E-state index < -0.39 is 5.82 Å². The van der Waals surface area contributed by atoms with Gasteiger partial charge in [-0.2, -0.15) is 0 Å². The zero-order valence-electron chi connectivity index (χ0n) is 13.6. The van der Waals surface area contributed by atoms with Gasteiger partial charge in [0.15, 0.2) is 0 Å². The van der Waals surface area contributed by atoms with Gasteiger partial charge >= 0.3 is 6.03 Å². The molecule has 0 saturated carbocycles. The average Bonchev–Trinajstić information content (AvgIpc) is 3.05. The summed E-state index contributed by atoms with van der Waals surface area (Å²) in [6.45, 7) is 2.02. The smallest absolute Gasteiger partial charge is 0.319 e. The fraction of sp³-hybridized carbons (Fsp3) is 0.294. The standard InChI is InChI=1S/C17H16Cl3FN4O/c18-12-5-11(1-2-15(12)21)24-17(26)23-6-10-3-4-25(9-10)16-13(19)7-22-8-14(16)20/h1-2,5,7-8,10H,3-4,6,9H2,(H2,23,24,26)/t10-/m0/s1. The Balaban J connectivity index is 1.51. The number of nitrogens with one attached hydrogen (secondary N) is 2. The van der Waals surface area contributed by atoms with Crippen molar-refractivity contribution in [2.24, 2.45) is 5.92 Å². The van der Waals surface area contributed by atoms with E-state index in [9.17, 15) is 9.18 Å². The van der Waals surface area contributed by atoms with E-state index in [1.54, 1.807) is 12.4 Å². The molecule has 2 amide bonds. The van der Waals surface area contributed by atoms with Crippen LogP contribution in [0.25, 0.3) is 0 Å². The summed E-state index contributed by atoms with van der Waals surface area (Å²) >= 11 is 18.1. The minimum absolute atomic E-state index is 0.0413. The largest absolute Gasteiger partial charge is 0.369 e. The van der Waals surface area contributed by atoms with Crippen molar-refractivity contribution in [3.05, 3.63) is 51.5 Å². The normalized spacial score (nSPS) is 16.6. The van der Waals surface area contributed by atoms with Crippen molar-refractivity contribution in [1.29, 1.82) is 0 Å². The van der Waals surface area contributed by atoms with Crippen LogP contribution in [0.4, 0.5) is 20.6 Å². The molecule has 2 aromatic rings. The van der Waals surface area contributed by atoms with Gasteiger partial charge in [-0.1, -0.05) is 34.8 Å². The third kappa shape index (κ3) is 4.50. The lowest BCUT2D eigenvalue weighted by Crippen LogP contribution is -2.34. The number of amides is 2. The molecule has 1 aliphatic rings. The van der Waals surface area contributed by atoms with Crippen molar-refractivity contribution in [1.82, 2.24) is 10.3 Å². The van der Waals surface area contributed by atoms with Crippen molar-refractivity contribution in [2.75, 3.05) is 29.9 Å². The summed E-state index contributed by atoms with van der Waals surface area (Å²) in [4.78, 5) is 18.1. The molecule has 1 aromatic carbocycles. The number of aromatic nitrogens is 1. The number of urea groups is 1. The molecule has 0 spiro atoms. The Morgan fingerprint density at radius 2 is 1.96 bits per heavy atom. The predicted molar refractivity (Wildman–Crippen MR) is 103 cm³/mol. The molecular formula is C17H16Cl3FN4O. The van der Waals surface area contributed by atoms with Gasteiger partial charge in [0.1, 0.15) is 5.82 Å². The quantitative estimate of drug-likeness (QED) is 0.749. The first kappa shape index (κ1) is 19.0. The SMILES string of the molecule is O=C(NC[C@@H]1CCN(c2c(Cl)cncc2Cl)C1)Nc1ccc(F)c(Cl)c1.